The molecule has 0 saturated carbocycles. The Kier molecular flexibility index (Phi) is 3.43. The topological polar surface area (TPSA) is 79.0 Å². The summed E-state index contributed by atoms with van der Waals surface area (Å²) in [5.74, 6) is 0. The summed E-state index contributed by atoms with van der Waals surface area (Å²) in [7, 11) is -3.77. The summed E-state index contributed by atoms with van der Waals surface area (Å²) in [6, 6.07) is 0.738. The number of rotatable bonds is 4. The normalized spacial score (nSPS) is 13.4. The fourth-order valence-corrected chi connectivity index (χ4v) is 2.24. The summed E-state index contributed by atoms with van der Waals surface area (Å²) in [4.78, 5) is 13.5. The van der Waals surface area contributed by atoms with Gasteiger partial charge in [0.25, 0.3) is 0 Å². The van der Waals surface area contributed by atoms with Crippen molar-refractivity contribution in [1.29, 1.82) is 0 Å². The van der Waals surface area contributed by atoms with Gasteiger partial charge in [-0.25, -0.2) is 13.1 Å². The minimum Gasteiger partial charge on any atom is -0.366 e. The van der Waals surface area contributed by atoms with Crippen molar-refractivity contribution in [1.82, 2.24) is 9.71 Å². The summed E-state index contributed by atoms with van der Waals surface area (Å²) < 4.78 is 25.6. The van der Waals surface area contributed by atoms with Crippen molar-refractivity contribution in [3.05, 3.63) is 41.3 Å². The van der Waals surface area contributed by atoms with Crippen molar-refractivity contribution in [2.75, 3.05) is 0 Å². The number of sulfonamides is 1. The molecule has 0 aliphatic heterocycles. The minimum absolute atomic E-state index is 0.293. The Morgan fingerprint density at radius 3 is 2.80 bits per heavy atom. The van der Waals surface area contributed by atoms with Crippen LogP contribution in [0.25, 0.3) is 0 Å². The van der Waals surface area contributed by atoms with Crippen LogP contribution in [0.3, 0.4) is 0 Å². The van der Waals surface area contributed by atoms with Crippen LogP contribution in [-0.2, 0) is 10.0 Å². The average Bonchev–Trinajstić information content (AvgIpc) is 2.17. The van der Waals surface area contributed by atoms with Gasteiger partial charge in [0.2, 0.25) is 15.5 Å². The second kappa shape index (κ2) is 4.41. The maximum Gasteiger partial charge on any atom is 0.246 e. The molecule has 1 aromatic heterocycles. The molecule has 82 valence electrons. The van der Waals surface area contributed by atoms with Crippen molar-refractivity contribution in [2.45, 2.75) is 17.9 Å². The molecule has 1 heterocycles. The molecule has 15 heavy (non-hydrogen) atoms. The zero-order valence-corrected chi connectivity index (χ0v) is 9.04. The van der Waals surface area contributed by atoms with E-state index < -0.39 is 21.5 Å². The van der Waals surface area contributed by atoms with E-state index in [1.165, 1.54) is 12.3 Å². The van der Waals surface area contributed by atoms with Gasteiger partial charge in [0.15, 0.2) is 0 Å². The van der Waals surface area contributed by atoms with Gasteiger partial charge in [-0.1, -0.05) is 6.08 Å². The lowest BCUT2D eigenvalue weighted by molar-refractivity contribution is 0.575. The van der Waals surface area contributed by atoms with Gasteiger partial charge in [-0.3, -0.25) is 4.79 Å². The summed E-state index contributed by atoms with van der Waals surface area (Å²) >= 11 is 0. The fourth-order valence-electron chi connectivity index (χ4n) is 0.967. The van der Waals surface area contributed by atoms with Crippen molar-refractivity contribution in [2.24, 2.45) is 0 Å². The van der Waals surface area contributed by atoms with Gasteiger partial charge in [0, 0.05) is 24.5 Å². The van der Waals surface area contributed by atoms with Crippen molar-refractivity contribution in [3.63, 3.8) is 0 Å². The van der Waals surface area contributed by atoms with E-state index in [0.717, 1.165) is 12.3 Å². The molecule has 1 aromatic rings. The SMILES string of the molecule is C=CC(C)NS(=O)(=O)c1c[nH]ccc1=O. The lowest BCUT2D eigenvalue weighted by atomic mass is 10.4. The molecule has 1 rings (SSSR count). The molecule has 0 saturated heterocycles. The molecule has 0 aromatic carbocycles. The van der Waals surface area contributed by atoms with Crippen molar-refractivity contribution >= 4 is 10.0 Å². The quantitative estimate of drug-likeness (QED) is 0.724. The van der Waals surface area contributed by atoms with Gasteiger partial charge in [0.1, 0.15) is 4.90 Å². The first-order valence-electron chi connectivity index (χ1n) is 4.29. The van der Waals surface area contributed by atoms with Crippen LogP contribution >= 0.6 is 0 Å². The van der Waals surface area contributed by atoms with Crippen LogP contribution < -0.4 is 10.2 Å². The summed E-state index contributed by atoms with van der Waals surface area (Å²) in [6.45, 7) is 5.07. The second-order valence-electron chi connectivity index (χ2n) is 3.02. The first-order valence-corrected chi connectivity index (χ1v) is 5.77. The smallest absolute Gasteiger partial charge is 0.246 e. The molecule has 0 aliphatic rings. The van der Waals surface area contributed by atoms with E-state index in [4.69, 9.17) is 0 Å². The molecule has 0 aliphatic carbocycles. The van der Waals surface area contributed by atoms with Crippen LogP contribution in [0.1, 0.15) is 6.92 Å². The van der Waals surface area contributed by atoms with Crippen molar-refractivity contribution < 1.29 is 8.42 Å². The third-order valence-electron chi connectivity index (χ3n) is 1.77. The fraction of sp³-hybridized carbons (Fsp3) is 0.222. The molecule has 0 fully saturated rings. The van der Waals surface area contributed by atoms with Crippen LogP contribution in [0.15, 0.2) is 40.8 Å². The number of aromatic nitrogens is 1. The first kappa shape index (κ1) is 11.7. The highest BCUT2D eigenvalue weighted by Crippen LogP contribution is 2.01. The van der Waals surface area contributed by atoms with Crippen LogP contribution in [0, 0.1) is 0 Å². The number of nitrogens with one attached hydrogen (secondary N) is 2. The summed E-state index contributed by atoms with van der Waals surface area (Å²) in [5.41, 5.74) is -0.544. The Labute approximate surface area is 87.9 Å². The highest BCUT2D eigenvalue weighted by Gasteiger charge is 2.18. The summed E-state index contributed by atoms with van der Waals surface area (Å²) in [6.07, 6.45) is 3.97. The van der Waals surface area contributed by atoms with E-state index in [1.807, 2.05) is 0 Å². The molecular weight excluding hydrogens is 216 g/mol. The zero-order valence-electron chi connectivity index (χ0n) is 8.23. The van der Waals surface area contributed by atoms with Gasteiger partial charge in [0.05, 0.1) is 0 Å². The van der Waals surface area contributed by atoms with E-state index in [0.29, 0.717) is 0 Å². The van der Waals surface area contributed by atoms with Gasteiger partial charge < -0.3 is 4.98 Å². The van der Waals surface area contributed by atoms with E-state index in [2.05, 4.69) is 16.3 Å². The number of H-pyrrole nitrogens is 1. The lowest BCUT2D eigenvalue weighted by Gasteiger charge is -2.08. The maximum atomic E-state index is 11.6. The molecule has 0 amide bonds. The number of pyridine rings is 1. The Bertz CT molecular complexity index is 504. The Morgan fingerprint density at radius 1 is 1.60 bits per heavy atom. The molecule has 0 radical (unpaired) electrons. The van der Waals surface area contributed by atoms with Gasteiger partial charge in [-0.2, -0.15) is 0 Å². The third kappa shape index (κ3) is 2.77. The lowest BCUT2D eigenvalue weighted by Crippen LogP contribution is -2.33. The van der Waals surface area contributed by atoms with E-state index in [-0.39, 0.29) is 4.90 Å². The average molecular weight is 228 g/mol. The number of aromatic amines is 1. The van der Waals surface area contributed by atoms with Gasteiger partial charge in [-0.15, -0.1) is 6.58 Å². The molecule has 2 N–H and O–H groups in total. The third-order valence-corrected chi connectivity index (χ3v) is 3.35. The maximum absolute atomic E-state index is 11.6. The summed E-state index contributed by atoms with van der Waals surface area (Å²) in [5, 5.41) is 0. The van der Waals surface area contributed by atoms with E-state index in [1.54, 1.807) is 6.92 Å². The second-order valence-corrected chi connectivity index (χ2v) is 4.70. The first-order chi connectivity index (χ1) is 6.97. The molecule has 1 unspecified atom stereocenters. The zero-order chi connectivity index (χ0) is 11.5. The van der Waals surface area contributed by atoms with E-state index in [9.17, 15) is 13.2 Å². The van der Waals surface area contributed by atoms with E-state index >= 15 is 0 Å². The predicted molar refractivity (Wildman–Crippen MR) is 57.0 cm³/mol. The number of hydrogen-bond acceptors (Lipinski definition) is 3. The highest BCUT2D eigenvalue weighted by molar-refractivity contribution is 7.89. The molecule has 1 atom stereocenters. The molecule has 0 bridgehead atoms. The standard InChI is InChI=1S/C9H12N2O3S/c1-3-7(2)11-15(13,14)9-6-10-5-4-8(9)12/h3-7,11H,1H2,2H3,(H,10,12). The molecule has 5 nitrogen and oxygen atoms in total. The highest BCUT2D eigenvalue weighted by atomic mass is 32.2. The largest absolute Gasteiger partial charge is 0.366 e. The molecule has 6 heteroatoms. The van der Waals surface area contributed by atoms with Crippen molar-refractivity contribution in [3.8, 4) is 0 Å². The minimum atomic E-state index is -3.77. The Morgan fingerprint density at radius 2 is 2.27 bits per heavy atom. The van der Waals surface area contributed by atoms with Crippen LogP contribution in [0.4, 0.5) is 0 Å². The van der Waals surface area contributed by atoms with Crippen LogP contribution in [-0.4, -0.2) is 19.4 Å². The Balaban J connectivity index is 3.13. The van der Waals surface area contributed by atoms with Gasteiger partial charge >= 0.3 is 0 Å². The molecular formula is C9H12N2O3S. The van der Waals surface area contributed by atoms with Crippen LogP contribution in [0.5, 0.6) is 0 Å². The Hall–Kier alpha value is -1.40. The van der Waals surface area contributed by atoms with Crippen LogP contribution in [0.2, 0.25) is 0 Å². The molecule has 0 spiro atoms. The predicted octanol–water partition coefficient (Wildman–Crippen LogP) is 0.228. The monoisotopic (exact) mass is 228 g/mol. The van der Waals surface area contributed by atoms with Gasteiger partial charge in [-0.05, 0) is 6.92 Å². The number of hydrogen-bond donors (Lipinski definition) is 2.